The molecule has 0 aliphatic carbocycles. The van der Waals surface area contributed by atoms with E-state index in [4.69, 9.17) is 4.74 Å². The fraction of sp³-hybridized carbons (Fsp3) is 0.231. The molecule has 3 aromatic rings. The fourth-order valence-corrected chi connectivity index (χ4v) is 3.12. The monoisotopic (exact) mass is 416 g/mol. The Kier molecular flexibility index (Phi) is 7.82. The van der Waals surface area contributed by atoms with Gasteiger partial charge >= 0.3 is 0 Å². The molecular weight excluding hydrogens is 388 g/mol. The SMILES string of the molecule is CCCCOc1ccc(C(=O)Nc2ccccc2C(=O)NC(C)c2ccccc2)cc1. The molecular formula is C26H28N2O3. The number of hydrogen-bond acceptors (Lipinski definition) is 3. The van der Waals surface area contributed by atoms with E-state index in [0.717, 1.165) is 24.2 Å². The second-order valence-corrected chi connectivity index (χ2v) is 7.33. The normalized spacial score (nSPS) is 11.4. The number of carbonyl (C=O) groups excluding carboxylic acids is 2. The highest BCUT2D eigenvalue weighted by Gasteiger charge is 2.16. The largest absolute Gasteiger partial charge is 0.494 e. The molecule has 0 heterocycles. The lowest BCUT2D eigenvalue weighted by Gasteiger charge is -2.16. The van der Waals surface area contributed by atoms with E-state index < -0.39 is 0 Å². The first kappa shape index (κ1) is 22.1. The lowest BCUT2D eigenvalue weighted by atomic mass is 10.1. The molecule has 0 aliphatic rings. The molecule has 0 saturated carbocycles. The van der Waals surface area contributed by atoms with Crippen molar-refractivity contribution in [2.24, 2.45) is 0 Å². The van der Waals surface area contributed by atoms with Crippen molar-refractivity contribution in [2.45, 2.75) is 32.7 Å². The van der Waals surface area contributed by atoms with Gasteiger partial charge in [-0.3, -0.25) is 9.59 Å². The van der Waals surface area contributed by atoms with E-state index in [1.165, 1.54) is 0 Å². The predicted octanol–water partition coefficient (Wildman–Crippen LogP) is 5.61. The number of para-hydroxylation sites is 1. The number of unbranched alkanes of at least 4 members (excludes halogenated alkanes) is 1. The summed E-state index contributed by atoms with van der Waals surface area (Å²) in [5, 5.41) is 5.84. The first-order valence-electron chi connectivity index (χ1n) is 10.6. The average Bonchev–Trinajstić information content (AvgIpc) is 2.80. The number of rotatable bonds is 9. The van der Waals surface area contributed by atoms with Crippen LogP contribution >= 0.6 is 0 Å². The average molecular weight is 417 g/mol. The van der Waals surface area contributed by atoms with Crippen molar-refractivity contribution in [2.75, 3.05) is 11.9 Å². The van der Waals surface area contributed by atoms with E-state index in [1.54, 1.807) is 48.5 Å². The highest BCUT2D eigenvalue weighted by molar-refractivity contribution is 6.09. The first-order valence-corrected chi connectivity index (χ1v) is 10.6. The summed E-state index contributed by atoms with van der Waals surface area (Å²) >= 11 is 0. The topological polar surface area (TPSA) is 67.4 Å². The predicted molar refractivity (Wildman–Crippen MR) is 124 cm³/mol. The molecule has 0 fully saturated rings. The Morgan fingerprint density at radius 1 is 0.871 bits per heavy atom. The number of benzene rings is 3. The lowest BCUT2D eigenvalue weighted by molar-refractivity contribution is 0.0940. The minimum Gasteiger partial charge on any atom is -0.494 e. The van der Waals surface area contributed by atoms with Crippen molar-refractivity contribution in [3.05, 3.63) is 95.6 Å². The number of anilines is 1. The third-order valence-electron chi connectivity index (χ3n) is 4.95. The van der Waals surface area contributed by atoms with Gasteiger partial charge in [-0.05, 0) is 55.3 Å². The summed E-state index contributed by atoms with van der Waals surface area (Å²) in [5.74, 6) is 0.211. The van der Waals surface area contributed by atoms with Crippen molar-refractivity contribution >= 4 is 17.5 Å². The highest BCUT2D eigenvalue weighted by atomic mass is 16.5. The Morgan fingerprint density at radius 2 is 1.55 bits per heavy atom. The number of amides is 2. The summed E-state index contributed by atoms with van der Waals surface area (Å²) in [7, 11) is 0. The molecule has 0 saturated heterocycles. The van der Waals surface area contributed by atoms with E-state index in [0.29, 0.717) is 23.4 Å². The summed E-state index contributed by atoms with van der Waals surface area (Å²) in [6, 6.07) is 23.6. The lowest BCUT2D eigenvalue weighted by Crippen LogP contribution is -2.28. The van der Waals surface area contributed by atoms with Crippen molar-refractivity contribution in [1.82, 2.24) is 5.32 Å². The summed E-state index contributed by atoms with van der Waals surface area (Å²) in [6.45, 7) is 4.70. The van der Waals surface area contributed by atoms with E-state index in [-0.39, 0.29) is 17.9 Å². The number of nitrogens with one attached hydrogen (secondary N) is 2. The molecule has 0 bridgehead atoms. The molecule has 3 aromatic carbocycles. The number of hydrogen-bond donors (Lipinski definition) is 2. The molecule has 1 unspecified atom stereocenters. The third-order valence-corrected chi connectivity index (χ3v) is 4.95. The van der Waals surface area contributed by atoms with Gasteiger partial charge in [-0.1, -0.05) is 55.8 Å². The van der Waals surface area contributed by atoms with E-state index >= 15 is 0 Å². The Bertz CT molecular complexity index is 1000. The van der Waals surface area contributed by atoms with Gasteiger partial charge in [0.2, 0.25) is 0 Å². The number of carbonyl (C=O) groups is 2. The fourth-order valence-electron chi connectivity index (χ4n) is 3.12. The Balaban J connectivity index is 1.67. The van der Waals surface area contributed by atoms with Crippen LogP contribution in [0.5, 0.6) is 5.75 Å². The van der Waals surface area contributed by atoms with Gasteiger partial charge in [-0.25, -0.2) is 0 Å². The summed E-state index contributed by atoms with van der Waals surface area (Å²) in [4.78, 5) is 25.6. The Hall–Kier alpha value is -3.60. The molecule has 3 rings (SSSR count). The van der Waals surface area contributed by atoms with E-state index in [9.17, 15) is 9.59 Å². The second kappa shape index (κ2) is 11.0. The second-order valence-electron chi connectivity index (χ2n) is 7.33. The van der Waals surface area contributed by atoms with Gasteiger partial charge in [0.25, 0.3) is 11.8 Å². The quantitative estimate of drug-likeness (QED) is 0.446. The van der Waals surface area contributed by atoms with Gasteiger partial charge in [0.15, 0.2) is 0 Å². The van der Waals surface area contributed by atoms with Crippen molar-refractivity contribution in [1.29, 1.82) is 0 Å². The van der Waals surface area contributed by atoms with Crippen LogP contribution in [0.3, 0.4) is 0 Å². The maximum atomic E-state index is 12.9. The molecule has 0 radical (unpaired) electrons. The molecule has 0 aromatic heterocycles. The zero-order chi connectivity index (χ0) is 22.1. The zero-order valence-corrected chi connectivity index (χ0v) is 17.9. The minimum absolute atomic E-state index is 0.155. The van der Waals surface area contributed by atoms with Crippen LogP contribution in [0.15, 0.2) is 78.9 Å². The molecule has 160 valence electrons. The van der Waals surface area contributed by atoms with Crippen LogP contribution in [0.25, 0.3) is 0 Å². The third kappa shape index (κ3) is 6.19. The van der Waals surface area contributed by atoms with Crippen LogP contribution in [-0.4, -0.2) is 18.4 Å². The summed E-state index contributed by atoms with van der Waals surface area (Å²) < 4.78 is 5.64. The van der Waals surface area contributed by atoms with Crippen molar-refractivity contribution in [3.63, 3.8) is 0 Å². The van der Waals surface area contributed by atoms with Crippen LogP contribution in [0.2, 0.25) is 0 Å². The minimum atomic E-state index is -0.281. The standard InChI is InChI=1S/C26H28N2O3/c1-3-4-18-31-22-16-14-21(15-17-22)25(29)28-24-13-9-8-12-23(24)26(30)27-19(2)20-10-6-5-7-11-20/h5-17,19H,3-4,18H2,1-2H3,(H,27,30)(H,28,29). The molecule has 2 N–H and O–H groups in total. The van der Waals surface area contributed by atoms with Crippen molar-refractivity contribution < 1.29 is 14.3 Å². The molecule has 2 amide bonds. The summed E-state index contributed by atoms with van der Waals surface area (Å²) in [5.41, 5.74) is 2.39. The van der Waals surface area contributed by atoms with Crippen LogP contribution in [0.1, 0.15) is 59.0 Å². The Morgan fingerprint density at radius 3 is 2.26 bits per heavy atom. The maximum Gasteiger partial charge on any atom is 0.255 e. The highest BCUT2D eigenvalue weighted by Crippen LogP contribution is 2.20. The van der Waals surface area contributed by atoms with Crippen LogP contribution in [0.4, 0.5) is 5.69 Å². The molecule has 5 nitrogen and oxygen atoms in total. The molecule has 0 aliphatic heterocycles. The summed E-state index contributed by atoms with van der Waals surface area (Å²) in [6.07, 6.45) is 2.06. The Labute approximate surface area is 183 Å². The smallest absolute Gasteiger partial charge is 0.255 e. The molecule has 1 atom stereocenters. The first-order chi connectivity index (χ1) is 15.1. The van der Waals surface area contributed by atoms with Gasteiger partial charge in [-0.15, -0.1) is 0 Å². The van der Waals surface area contributed by atoms with Crippen LogP contribution in [0, 0.1) is 0 Å². The van der Waals surface area contributed by atoms with E-state index in [1.807, 2.05) is 37.3 Å². The molecule has 31 heavy (non-hydrogen) atoms. The van der Waals surface area contributed by atoms with Gasteiger partial charge in [0, 0.05) is 5.56 Å². The molecule has 5 heteroatoms. The molecule has 0 spiro atoms. The van der Waals surface area contributed by atoms with E-state index in [2.05, 4.69) is 17.6 Å². The van der Waals surface area contributed by atoms with Gasteiger partial charge in [-0.2, -0.15) is 0 Å². The zero-order valence-electron chi connectivity index (χ0n) is 17.9. The van der Waals surface area contributed by atoms with Gasteiger partial charge in [0.05, 0.1) is 23.9 Å². The van der Waals surface area contributed by atoms with Crippen LogP contribution in [-0.2, 0) is 0 Å². The van der Waals surface area contributed by atoms with Gasteiger partial charge < -0.3 is 15.4 Å². The maximum absolute atomic E-state index is 12.9. The van der Waals surface area contributed by atoms with Gasteiger partial charge in [0.1, 0.15) is 5.75 Å². The van der Waals surface area contributed by atoms with Crippen LogP contribution < -0.4 is 15.4 Å². The number of ether oxygens (including phenoxy) is 1. The van der Waals surface area contributed by atoms with Crippen molar-refractivity contribution in [3.8, 4) is 5.75 Å².